The SMILES string of the molecule is Cc1cc(C)n(-c2ncc(CN)cn2)n1. The number of hydrogen-bond acceptors (Lipinski definition) is 4. The maximum atomic E-state index is 5.47. The molecule has 0 atom stereocenters. The minimum absolute atomic E-state index is 0.456. The van der Waals surface area contributed by atoms with Crippen LogP contribution in [0.25, 0.3) is 5.95 Å². The van der Waals surface area contributed by atoms with Crippen molar-refractivity contribution in [1.29, 1.82) is 0 Å². The van der Waals surface area contributed by atoms with E-state index in [2.05, 4.69) is 15.1 Å². The smallest absolute Gasteiger partial charge is 0.250 e. The summed E-state index contributed by atoms with van der Waals surface area (Å²) in [7, 11) is 0. The molecule has 0 aliphatic heterocycles. The number of nitrogens with two attached hydrogens (primary N) is 1. The molecule has 0 unspecified atom stereocenters. The van der Waals surface area contributed by atoms with Crippen LogP contribution in [-0.4, -0.2) is 19.7 Å². The Morgan fingerprint density at radius 2 is 1.93 bits per heavy atom. The topological polar surface area (TPSA) is 69.6 Å². The Labute approximate surface area is 88.0 Å². The monoisotopic (exact) mass is 203 g/mol. The highest BCUT2D eigenvalue weighted by Crippen LogP contribution is 2.07. The Hall–Kier alpha value is -1.75. The highest BCUT2D eigenvalue weighted by atomic mass is 15.3. The van der Waals surface area contributed by atoms with Crippen molar-refractivity contribution in [3.8, 4) is 5.95 Å². The number of aromatic nitrogens is 4. The quantitative estimate of drug-likeness (QED) is 0.781. The zero-order chi connectivity index (χ0) is 10.8. The van der Waals surface area contributed by atoms with Crippen molar-refractivity contribution < 1.29 is 0 Å². The summed E-state index contributed by atoms with van der Waals surface area (Å²) in [6, 6.07) is 1.99. The highest BCUT2D eigenvalue weighted by Gasteiger charge is 2.05. The molecule has 0 saturated heterocycles. The van der Waals surface area contributed by atoms with E-state index in [-0.39, 0.29) is 0 Å². The molecule has 0 fully saturated rings. The molecule has 15 heavy (non-hydrogen) atoms. The van der Waals surface area contributed by atoms with Gasteiger partial charge in [-0.3, -0.25) is 0 Å². The molecule has 0 aromatic carbocycles. The summed E-state index contributed by atoms with van der Waals surface area (Å²) in [5.41, 5.74) is 8.37. The maximum absolute atomic E-state index is 5.47. The lowest BCUT2D eigenvalue weighted by Crippen LogP contribution is -2.06. The lowest BCUT2D eigenvalue weighted by atomic mass is 10.3. The minimum atomic E-state index is 0.456. The normalized spacial score (nSPS) is 10.6. The van der Waals surface area contributed by atoms with E-state index in [9.17, 15) is 0 Å². The van der Waals surface area contributed by atoms with Crippen LogP contribution in [0.5, 0.6) is 0 Å². The molecule has 0 amide bonds. The summed E-state index contributed by atoms with van der Waals surface area (Å²) in [5.74, 6) is 0.581. The van der Waals surface area contributed by atoms with E-state index < -0.39 is 0 Å². The van der Waals surface area contributed by atoms with Crippen LogP contribution in [0.3, 0.4) is 0 Å². The van der Waals surface area contributed by atoms with Crippen molar-refractivity contribution in [3.05, 3.63) is 35.4 Å². The van der Waals surface area contributed by atoms with Gasteiger partial charge in [0.2, 0.25) is 0 Å². The van der Waals surface area contributed by atoms with Gasteiger partial charge >= 0.3 is 0 Å². The fraction of sp³-hybridized carbons (Fsp3) is 0.300. The van der Waals surface area contributed by atoms with Crippen molar-refractivity contribution in [1.82, 2.24) is 19.7 Å². The molecule has 0 aliphatic rings. The van der Waals surface area contributed by atoms with Crippen LogP contribution < -0.4 is 5.73 Å². The van der Waals surface area contributed by atoms with Gasteiger partial charge in [0, 0.05) is 30.2 Å². The Bertz CT molecular complexity index is 457. The second-order valence-electron chi connectivity index (χ2n) is 3.43. The van der Waals surface area contributed by atoms with Gasteiger partial charge in [-0.15, -0.1) is 0 Å². The van der Waals surface area contributed by atoms with Gasteiger partial charge in [0.15, 0.2) is 0 Å². The minimum Gasteiger partial charge on any atom is -0.326 e. The van der Waals surface area contributed by atoms with Crippen LogP contribution in [0.2, 0.25) is 0 Å². The van der Waals surface area contributed by atoms with Crippen LogP contribution in [0.4, 0.5) is 0 Å². The lowest BCUT2D eigenvalue weighted by molar-refractivity contribution is 0.768. The summed E-state index contributed by atoms with van der Waals surface area (Å²) in [6.45, 7) is 4.37. The third-order valence-corrected chi connectivity index (χ3v) is 2.13. The molecule has 0 saturated carbocycles. The molecular formula is C10H13N5. The predicted octanol–water partition coefficient (Wildman–Crippen LogP) is 0.738. The predicted molar refractivity (Wildman–Crippen MR) is 56.5 cm³/mol. The average Bonchev–Trinajstić information content (AvgIpc) is 2.58. The number of nitrogens with zero attached hydrogens (tertiary/aromatic N) is 4. The first-order valence-corrected chi connectivity index (χ1v) is 4.75. The summed E-state index contributed by atoms with van der Waals surface area (Å²) >= 11 is 0. The standard InChI is InChI=1S/C10H13N5/c1-7-3-8(2)15(14-7)10-12-5-9(4-11)6-13-10/h3,5-6H,4,11H2,1-2H3. The van der Waals surface area contributed by atoms with E-state index in [1.165, 1.54) is 0 Å². The molecule has 2 aromatic rings. The summed E-state index contributed by atoms with van der Waals surface area (Å²) < 4.78 is 1.72. The third kappa shape index (κ3) is 1.87. The zero-order valence-corrected chi connectivity index (χ0v) is 8.81. The molecule has 0 aliphatic carbocycles. The van der Waals surface area contributed by atoms with E-state index in [4.69, 9.17) is 5.73 Å². The van der Waals surface area contributed by atoms with Crippen molar-refractivity contribution in [3.63, 3.8) is 0 Å². The second-order valence-corrected chi connectivity index (χ2v) is 3.43. The molecular weight excluding hydrogens is 190 g/mol. The van der Waals surface area contributed by atoms with Gasteiger partial charge in [-0.25, -0.2) is 14.6 Å². The zero-order valence-electron chi connectivity index (χ0n) is 8.81. The number of hydrogen-bond donors (Lipinski definition) is 1. The molecule has 0 radical (unpaired) electrons. The highest BCUT2D eigenvalue weighted by molar-refractivity contribution is 5.19. The van der Waals surface area contributed by atoms with E-state index in [1.54, 1.807) is 17.1 Å². The first-order valence-electron chi connectivity index (χ1n) is 4.75. The van der Waals surface area contributed by atoms with Crippen molar-refractivity contribution >= 4 is 0 Å². The average molecular weight is 203 g/mol. The van der Waals surface area contributed by atoms with Crippen LogP contribution >= 0.6 is 0 Å². The van der Waals surface area contributed by atoms with Crippen LogP contribution in [0.1, 0.15) is 17.0 Å². The number of aryl methyl sites for hydroxylation is 2. The fourth-order valence-electron chi connectivity index (χ4n) is 1.39. The Kier molecular flexibility index (Phi) is 2.47. The molecule has 0 bridgehead atoms. The summed E-state index contributed by atoms with van der Waals surface area (Å²) in [6.07, 6.45) is 3.44. The largest absolute Gasteiger partial charge is 0.326 e. The second kappa shape index (κ2) is 3.78. The molecule has 78 valence electrons. The van der Waals surface area contributed by atoms with Gasteiger partial charge in [0.25, 0.3) is 5.95 Å². The Balaban J connectivity index is 2.41. The fourth-order valence-corrected chi connectivity index (χ4v) is 1.39. The first-order chi connectivity index (χ1) is 7.20. The van der Waals surface area contributed by atoms with E-state index in [1.807, 2.05) is 19.9 Å². The molecule has 5 heteroatoms. The van der Waals surface area contributed by atoms with E-state index in [0.29, 0.717) is 12.5 Å². The van der Waals surface area contributed by atoms with Crippen LogP contribution in [-0.2, 0) is 6.54 Å². The number of rotatable bonds is 2. The lowest BCUT2D eigenvalue weighted by Gasteiger charge is -2.02. The van der Waals surface area contributed by atoms with Crippen molar-refractivity contribution in [2.75, 3.05) is 0 Å². The Morgan fingerprint density at radius 1 is 1.27 bits per heavy atom. The Morgan fingerprint density at radius 3 is 2.40 bits per heavy atom. The van der Waals surface area contributed by atoms with Gasteiger partial charge < -0.3 is 5.73 Å². The van der Waals surface area contributed by atoms with E-state index in [0.717, 1.165) is 17.0 Å². The van der Waals surface area contributed by atoms with Crippen molar-refractivity contribution in [2.24, 2.45) is 5.73 Å². The van der Waals surface area contributed by atoms with E-state index >= 15 is 0 Å². The molecule has 2 rings (SSSR count). The van der Waals surface area contributed by atoms with Crippen molar-refractivity contribution in [2.45, 2.75) is 20.4 Å². The molecule has 2 heterocycles. The molecule has 2 aromatic heterocycles. The maximum Gasteiger partial charge on any atom is 0.250 e. The van der Waals surface area contributed by atoms with Crippen LogP contribution in [0.15, 0.2) is 18.5 Å². The molecule has 5 nitrogen and oxygen atoms in total. The summed E-state index contributed by atoms with van der Waals surface area (Å²) in [4.78, 5) is 8.41. The van der Waals surface area contributed by atoms with Gasteiger partial charge in [0.05, 0.1) is 5.69 Å². The van der Waals surface area contributed by atoms with Gasteiger partial charge in [-0.1, -0.05) is 0 Å². The third-order valence-electron chi connectivity index (χ3n) is 2.13. The summed E-state index contributed by atoms with van der Waals surface area (Å²) in [5, 5.41) is 4.30. The molecule has 0 spiro atoms. The van der Waals surface area contributed by atoms with Gasteiger partial charge in [-0.2, -0.15) is 5.10 Å². The van der Waals surface area contributed by atoms with Gasteiger partial charge in [-0.05, 0) is 19.9 Å². The van der Waals surface area contributed by atoms with Crippen LogP contribution in [0, 0.1) is 13.8 Å². The van der Waals surface area contributed by atoms with Gasteiger partial charge in [0.1, 0.15) is 0 Å². The molecule has 2 N–H and O–H groups in total. The first kappa shape index (κ1) is 9.79.